The summed E-state index contributed by atoms with van der Waals surface area (Å²) in [5.41, 5.74) is 1.90. The van der Waals surface area contributed by atoms with E-state index in [1.54, 1.807) is 4.90 Å². The van der Waals surface area contributed by atoms with Crippen LogP contribution in [-0.4, -0.2) is 51.5 Å². The van der Waals surface area contributed by atoms with Crippen molar-refractivity contribution in [3.05, 3.63) is 54.6 Å². The molecular weight excluding hydrogens is 396 g/mol. The standard InChI is InChI=1S/C23H28N4O2S/c1-4-6-16-26(3)21(28)17-30-23-25-24-22(18-10-8-7-9-11-18)27(23)19-12-14-20(15-13-19)29-5-2/h7-15H,4-6,16-17H2,1-3H3. The Morgan fingerprint density at radius 2 is 1.80 bits per heavy atom. The van der Waals surface area contributed by atoms with Gasteiger partial charge < -0.3 is 9.64 Å². The number of carbonyl (C=O) groups is 1. The number of benzene rings is 2. The van der Waals surface area contributed by atoms with Crippen molar-refractivity contribution in [1.29, 1.82) is 0 Å². The van der Waals surface area contributed by atoms with Crippen molar-refractivity contribution < 1.29 is 9.53 Å². The Hall–Kier alpha value is -2.80. The van der Waals surface area contributed by atoms with Gasteiger partial charge in [-0.1, -0.05) is 55.4 Å². The Kier molecular flexibility index (Phi) is 7.90. The molecule has 0 bridgehead atoms. The Morgan fingerprint density at radius 1 is 1.07 bits per heavy atom. The van der Waals surface area contributed by atoms with Crippen LogP contribution in [0.4, 0.5) is 0 Å². The molecule has 0 aliphatic carbocycles. The van der Waals surface area contributed by atoms with E-state index < -0.39 is 0 Å². The third-order valence-corrected chi connectivity index (χ3v) is 5.58. The molecule has 0 aliphatic rings. The fraction of sp³-hybridized carbons (Fsp3) is 0.348. The number of nitrogens with zero attached hydrogens (tertiary/aromatic N) is 4. The van der Waals surface area contributed by atoms with Crippen molar-refractivity contribution >= 4 is 17.7 Å². The van der Waals surface area contributed by atoms with Gasteiger partial charge in [-0.25, -0.2) is 0 Å². The third-order valence-electron chi connectivity index (χ3n) is 4.67. The lowest BCUT2D eigenvalue weighted by Gasteiger charge is -2.16. The number of hydrogen-bond donors (Lipinski definition) is 0. The normalized spacial score (nSPS) is 10.8. The van der Waals surface area contributed by atoms with Crippen LogP contribution >= 0.6 is 11.8 Å². The molecule has 0 spiro atoms. The zero-order chi connectivity index (χ0) is 21.3. The van der Waals surface area contributed by atoms with Crippen LogP contribution in [0.15, 0.2) is 59.8 Å². The highest BCUT2D eigenvalue weighted by Crippen LogP contribution is 2.29. The summed E-state index contributed by atoms with van der Waals surface area (Å²) in [6.07, 6.45) is 2.07. The molecule has 30 heavy (non-hydrogen) atoms. The van der Waals surface area contributed by atoms with Gasteiger partial charge in [0, 0.05) is 24.8 Å². The summed E-state index contributed by atoms with van der Waals surface area (Å²) in [6.45, 7) is 5.48. The van der Waals surface area contributed by atoms with Gasteiger partial charge in [-0.15, -0.1) is 10.2 Å². The van der Waals surface area contributed by atoms with Crippen LogP contribution in [0.2, 0.25) is 0 Å². The van der Waals surface area contributed by atoms with Gasteiger partial charge in [-0.3, -0.25) is 9.36 Å². The van der Waals surface area contributed by atoms with E-state index in [4.69, 9.17) is 4.74 Å². The summed E-state index contributed by atoms with van der Waals surface area (Å²) in [6, 6.07) is 17.8. The monoisotopic (exact) mass is 424 g/mol. The summed E-state index contributed by atoms with van der Waals surface area (Å²) >= 11 is 1.41. The Morgan fingerprint density at radius 3 is 2.47 bits per heavy atom. The van der Waals surface area contributed by atoms with Crippen LogP contribution in [0.1, 0.15) is 26.7 Å². The summed E-state index contributed by atoms with van der Waals surface area (Å²) in [5.74, 6) is 1.98. The lowest BCUT2D eigenvalue weighted by Crippen LogP contribution is -2.29. The van der Waals surface area contributed by atoms with Gasteiger partial charge in [-0.05, 0) is 37.6 Å². The van der Waals surface area contributed by atoms with Gasteiger partial charge in [0.05, 0.1) is 12.4 Å². The number of carbonyl (C=O) groups excluding carboxylic acids is 1. The van der Waals surface area contributed by atoms with E-state index in [0.717, 1.165) is 42.2 Å². The summed E-state index contributed by atoms with van der Waals surface area (Å²) in [4.78, 5) is 14.3. The number of unbranched alkanes of at least 4 members (excludes halogenated alkanes) is 1. The van der Waals surface area contributed by atoms with E-state index in [1.807, 2.05) is 73.1 Å². The van der Waals surface area contributed by atoms with Crippen molar-refractivity contribution in [2.24, 2.45) is 0 Å². The zero-order valence-corrected chi connectivity index (χ0v) is 18.6. The first-order valence-electron chi connectivity index (χ1n) is 10.2. The van der Waals surface area contributed by atoms with Gasteiger partial charge in [0.25, 0.3) is 0 Å². The average Bonchev–Trinajstić information content (AvgIpc) is 3.21. The van der Waals surface area contributed by atoms with Crippen LogP contribution in [0.3, 0.4) is 0 Å². The minimum absolute atomic E-state index is 0.0935. The van der Waals surface area contributed by atoms with Crippen LogP contribution in [0.25, 0.3) is 17.1 Å². The first-order chi connectivity index (χ1) is 14.6. The molecule has 1 aromatic heterocycles. The minimum Gasteiger partial charge on any atom is -0.494 e. The zero-order valence-electron chi connectivity index (χ0n) is 17.7. The molecule has 0 saturated carbocycles. The predicted octanol–water partition coefficient (Wildman–Crippen LogP) is 4.68. The van der Waals surface area contributed by atoms with Crippen LogP contribution in [-0.2, 0) is 4.79 Å². The fourth-order valence-electron chi connectivity index (χ4n) is 2.98. The summed E-state index contributed by atoms with van der Waals surface area (Å²) < 4.78 is 7.56. The molecule has 0 radical (unpaired) electrons. The first-order valence-corrected chi connectivity index (χ1v) is 11.2. The highest BCUT2D eigenvalue weighted by Gasteiger charge is 2.18. The minimum atomic E-state index is 0.0935. The molecule has 3 rings (SSSR count). The van der Waals surface area contributed by atoms with Crippen LogP contribution < -0.4 is 4.74 Å². The molecule has 0 N–H and O–H groups in total. The lowest BCUT2D eigenvalue weighted by atomic mass is 10.2. The van der Waals surface area contributed by atoms with E-state index in [9.17, 15) is 4.79 Å². The molecule has 0 fully saturated rings. The van der Waals surface area contributed by atoms with Crippen molar-refractivity contribution in [1.82, 2.24) is 19.7 Å². The lowest BCUT2D eigenvalue weighted by molar-refractivity contribution is -0.127. The second kappa shape index (κ2) is 10.8. The van der Waals surface area contributed by atoms with Crippen molar-refractivity contribution in [3.63, 3.8) is 0 Å². The van der Waals surface area contributed by atoms with Gasteiger partial charge in [0.15, 0.2) is 11.0 Å². The predicted molar refractivity (Wildman–Crippen MR) is 121 cm³/mol. The smallest absolute Gasteiger partial charge is 0.232 e. The largest absolute Gasteiger partial charge is 0.494 e. The van der Waals surface area contributed by atoms with Crippen molar-refractivity contribution in [2.75, 3.05) is 26.0 Å². The van der Waals surface area contributed by atoms with Crippen molar-refractivity contribution in [3.8, 4) is 22.8 Å². The van der Waals surface area contributed by atoms with E-state index in [1.165, 1.54) is 11.8 Å². The van der Waals surface area contributed by atoms with E-state index in [2.05, 4.69) is 17.1 Å². The molecule has 1 heterocycles. The molecule has 3 aromatic rings. The van der Waals surface area contributed by atoms with Gasteiger partial charge >= 0.3 is 0 Å². The SMILES string of the molecule is CCCCN(C)C(=O)CSc1nnc(-c2ccccc2)n1-c1ccc(OCC)cc1. The second-order valence-corrected chi connectivity index (χ2v) is 7.83. The Bertz CT molecular complexity index is 942. The maximum atomic E-state index is 12.5. The highest BCUT2D eigenvalue weighted by molar-refractivity contribution is 7.99. The fourth-order valence-corrected chi connectivity index (χ4v) is 3.88. The first kappa shape index (κ1) is 21.9. The van der Waals surface area contributed by atoms with E-state index in [-0.39, 0.29) is 5.91 Å². The van der Waals surface area contributed by atoms with Crippen molar-refractivity contribution in [2.45, 2.75) is 31.8 Å². The quantitative estimate of drug-likeness (QED) is 0.442. The number of ether oxygens (including phenoxy) is 1. The number of amides is 1. The van der Waals surface area contributed by atoms with Crippen LogP contribution in [0.5, 0.6) is 5.75 Å². The topological polar surface area (TPSA) is 60.2 Å². The molecule has 2 aromatic carbocycles. The average molecular weight is 425 g/mol. The van der Waals surface area contributed by atoms with Gasteiger partial charge in [0.2, 0.25) is 5.91 Å². The number of rotatable bonds is 10. The molecule has 1 amide bonds. The maximum Gasteiger partial charge on any atom is 0.232 e. The molecular formula is C23H28N4O2S. The van der Waals surface area contributed by atoms with E-state index in [0.29, 0.717) is 17.5 Å². The summed E-state index contributed by atoms with van der Waals surface area (Å²) in [5, 5.41) is 9.52. The second-order valence-electron chi connectivity index (χ2n) is 6.89. The molecule has 6 nitrogen and oxygen atoms in total. The maximum absolute atomic E-state index is 12.5. The number of hydrogen-bond acceptors (Lipinski definition) is 5. The molecule has 7 heteroatoms. The molecule has 0 atom stereocenters. The Balaban J connectivity index is 1.88. The number of aromatic nitrogens is 3. The summed E-state index contributed by atoms with van der Waals surface area (Å²) in [7, 11) is 1.85. The van der Waals surface area contributed by atoms with Crippen LogP contribution in [0, 0.1) is 0 Å². The molecule has 0 aliphatic heterocycles. The Labute approximate surface area is 182 Å². The molecule has 0 unspecified atom stereocenters. The molecule has 158 valence electrons. The third kappa shape index (κ3) is 5.42. The highest BCUT2D eigenvalue weighted by atomic mass is 32.2. The number of thioether (sulfide) groups is 1. The van der Waals surface area contributed by atoms with Gasteiger partial charge in [0.1, 0.15) is 5.75 Å². The molecule has 0 saturated heterocycles. The van der Waals surface area contributed by atoms with E-state index >= 15 is 0 Å². The van der Waals surface area contributed by atoms with Gasteiger partial charge in [-0.2, -0.15) is 0 Å².